The molecule has 0 amide bonds. The lowest BCUT2D eigenvalue weighted by molar-refractivity contribution is 0.639. The molecule has 0 fully saturated rings. The summed E-state index contributed by atoms with van der Waals surface area (Å²) in [4.78, 5) is 0. The Kier molecular flexibility index (Phi) is 4.38. The van der Waals surface area contributed by atoms with Crippen molar-refractivity contribution < 1.29 is 0 Å². The number of hydrogen-bond donors (Lipinski definition) is 1. The molecule has 1 heterocycles. The highest BCUT2D eigenvalue weighted by molar-refractivity contribution is 5.36. The van der Waals surface area contributed by atoms with Gasteiger partial charge < -0.3 is 5.73 Å². The second-order valence-corrected chi connectivity index (χ2v) is 3.62. The quantitative estimate of drug-likeness (QED) is 0.763. The molecule has 0 aliphatic heterocycles. The summed E-state index contributed by atoms with van der Waals surface area (Å²) in [7, 11) is 0. The molecule has 1 rings (SSSR count). The van der Waals surface area contributed by atoms with Crippen LogP contribution in [0, 0.1) is 18.8 Å². The summed E-state index contributed by atoms with van der Waals surface area (Å²) in [5.74, 6) is 6.15. The minimum absolute atomic E-state index is 0.0145. The molecule has 0 radical (unpaired) electrons. The molecule has 0 saturated carbocycles. The average Bonchev–Trinajstić information content (AvgIpc) is 2.57. The molecule has 1 atom stereocenters. The summed E-state index contributed by atoms with van der Waals surface area (Å²) in [5.41, 5.74) is 7.93. The van der Waals surface area contributed by atoms with Crippen molar-refractivity contribution >= 4 is 0 Å². The van der Waals surface area contributed by atoms with Crippen molar-refractivity contribution in [1.29, 1.82) is 0 Å². The third kappa shape index (κ3) is 3.10. The van der Waals surface area contributed by atoms with E-state index >= 15 is 0 Å². The molecule has 15 heavy (non-hydrogen) atoms. The van der Waals surface area contributed by atoms with Crippen molar-refractivity contribution in [2.75, 3.05) is 0 Å². The first-order valence-corrected chi connectivity index (χ1v) is 5.48. The summed E-state index contributed by atoms with van der Waals surface area (Å²) >= 11 is 0. The predicted octanol–water partition coefficient (Wildman–Crippen LogP) is 1.69. The van der Waals surface area contributed by atoms with E-state index in [2.05, 4.69) is 30.8 Å². The second-order valence-electron chi connectivity index (χ2n) is 3.62. The van der Waals surface area contributed by atoms with Gasteiger partial charge in [0.05, 0.1) is 23.5 Å². The van der Waals surface area contributed by atoms with Gasteiger partial charge in [0.15, 0.2) is 0 Å². The third-order valence-corrected chi connectivity index (χ3v) is 2.39. The Labute approximate surface area is 91.7 Å². The summed E-state index contributed by atoms with van der Waals surface area (Å²) in [6.07, 6.45) is 3.83. The molecule has 0 saturated heterocycles. The zero-order valence-corrected chi connectivity index (χ0v) is 9.75. The molecular formula is C12H19N3. The maximum absolute atomic E-state index is 5.82. The zero-order valence-electron chi connectivity index (χ0n) is 9.75. The molecule has 0 aromatic carbocycles. The van der Waals surface area contributed by atoms with E-state index in [9.17, 15) is 0 Å². The van der Waals surface area contributed by atoms with Crippen molar-refractivity contribution in [2.24, 2.45) is 5.73 Å². The van der Waals surface area contributed by atoms with E-state index in [-0.39, 0.29) is 6.04 Å². The molecule has 3 nitrogen and oxygen atoms in total. The lowest BCUT2D eigenvalue weighted by Crippen LogP contribution is -2.16. The van der Waals surface area contributed by atoms with Gasteiger partial charge in [-0.3, -0.25) is 4.68 Å². The van der Waals surface area contributed by atoms with Gasteiger partial charge in [-0.25, -0.2) is 0 Å². The van der Waals surface area contributed by atoms with Gasteiger partial charge in [-0.05, 0) is 20.3 Å². The van der Waals surface area contributed by atoms with Crippen LogP contribution in [0.5, 0.6) is 0 Å². The van der Waals surface area contributed by atoms with Crippen LogP contribution in [-0.2, 0) is 6.54 Å². The maximum Gasteiger partial charge on any atom is 0.0668 e. The van der Waals surface area contributed by atoms with Crippen molar-refractivity contribution in [3.63, 3.8) is 0 Å². The second kappa shape index (κ2) is 5.57. The van der Waals surface area contributed by atoms with Gasteiger partial charge in [-0.1, -0.05) is 25.2 Å². The minimum Gasteiger partial charge on any atom is -0.318 e. The highest BCUT2D eigenvalue weighted by Gasteiger charge is 2.01. The van der Waals surface area contributed by atoms with Gasteiger partial charge in [-0.15, -0.1) is 0 Å². The Balaban J connectivity index is 2.75. The number of nitrogens with zero attached hydrogens (tertiary/aromatic N) is 2. The van der Waals surface area contributed by atoms with Crippen LogP contribution in [0.25, 0.3) is 0 Å². The van der Waals surface area contributed by atoms with Crippen LogP contribution in [0.1, 0.15) is 37.9 Å². The largest absolute Gasteiger partial charge is 0.318 e. The van der Waals surface area contributed by atoms with E-state index in [1.165, 1.54) is 0 Å². The highest BCUT2D eigenvalue weighted by Crippen LogP contribution is 2.05. The van der Waals surface area contributed by atoms with Gasteiger partial charge in [0.2, 0.25) is 0 Å². The number of aromatic nitrogens is 2. The molecule has 1 unspecified atom stereocenters. The summed E-state index contributed by atoms with van der Waals surface area (Å²) in [6, 6.07) is -0.0145. The van der Waals surface area contributed by atoms with Gasteiger partial charge in [-0.2, -0.15) is 5.10 Å². The van der Waals surface area contributed by atoms with Crippen LogP contribution in [0.4, 0.5) is 0 Å². The minimum atomic E-state index is -0.0145. The van der Waals surface area contributed by atoms with Crippen LogP contribution in [0.15, 0.2) is 6.20 Å². The Bertz CT molecular complexity index is 368. The topological polar surface area (TPSA) is 43.8 Å². The van der Waals surface area contributed by atoms with Crippen LogP contribution < -0.4 is 5.73 Å². The third-order valence-electron chi connectivity index (χ3n) is 2.39. The number of nitrogens with two attached hydrogens (primary N) is 1. The number of rotatable bonds is 3. The van der Waals surface area contributed by atoms with E-state index in [1.54, 1.807) is 0 Å². The highest BCUT2D eigenvalue weighted by atomic mass is 15.3. The molecule has 0 bridgehead atoms. The monoisotopic (exact) mass is 205 g/mol. The van der Waals surface area contributed by atoms with Crippen LogP contribution in [-0.4, -0.2) is 15.8 Å². The number of aryl methyl sites for hydroxylation is 1. The Morgan fingerprint density at radius 1 is 1.53 bits per heavy atom. The fraction of sp³-hybridized carbons (Fsp3) is 0.583. The van der Waals surface area contributed by atoms with Crippen molar-refractivity contribution in [3.05, 3.63) is 17.5 Å². The lowest BCUT2D eigenvalue weighted by atomic mass is 10.1. The van der Waals surface area contributed by atoms with Gasteiger partial charge in [0.1, 0.15) is 0 Å². The summed E-state index contributed by atoms with van der Waals surface area (Å²) < 4.78 is 1.94. The fourth-order valence-corrected chi connectivity index (χ4v) is 1.44. The first-order valence-electron chi connectivity index (χ1n) is 5.48. The van der Waals surface area contributed by atoms with Crippen LogP contribution >= 0.6 is 0 Å². The summed E-state index contributed by atoms with van der Waals surface area (Å²) in [6.45, 7) is 7.10. The SMILES string of the molecule is CCCC(N)C#Cc1cnn(CC)c1C. The standard InChI is InChI=1S/C12H19N3/c1-4-6-12(13)8-7-11-9-14-15(5-2)10(11)3/h9,12H,4-6,13H2,1-3H3. The van der Waals surface area contributed by atoms with Gasteiger partial charge in [0, 0.05) is 6.54 Å². The van der Waals surface area contributed by atoms with Crippen molar-refractivity contribution in [1.82, 2.24) is 9.78 Å². The molecular weight excluding hydrogens is 186 g/mol. The lowest BCUT2D eigenvalue weighted by Gasteiger charge is -1.99. The average molecular weight is 205 g/mol. The van der Waals surface area contributed by atoms with E-state index < -0.39 is 0 Å². The molecule has 82 valence electrons. The van der Waals surface area contributed by atoms with Gasteiger partial charge in [0.25, 0.3) is 0 Å². The van der Waals surface area contributed by atoms with Crippen molar-refractivity contribution in [3.8, 4) is 11.8 Å². The Morgan fingerprint density at radius 3 is 2.80 bits per heavy atom. The van der Waals surface area contributed by atoms with Crippen molar-refractivity contribution in [2.45, 2.75) is 46.2 Å². The molecule has 0 aliphatic carbocycles. The predicted molar refractivity (Wildman–Crippen MR) is 62.4 cm³/mol. The van der Waals surface area contributed by atoms with Crippen LogP contribution in [0.2, 0.25) is 0 Å². The number of hydrogen-bond acceptors (Lipinski definition) is 2. The van der Waals surface area contributed by atoms with E-state index in [0.29, 0.717) is 0 Å². The first-order chi connectivity index (χ1) is 7.19. The fourth-order valence-electron chi connectivity index (χ4n) is 1.44. The maximum atomic E-state index is 5.82. The molecule has 3 heteroatoms. The normalized spacial score (nSPS) is 12.0. The van der Waals surface area contributed by atoms with Gasteiger partial charge >= 0.3 is 0 Å². The Hall–Kier alpha value is -1.27. The molecule has 2 N–H and O–H groups in total. The molecule has 0 spiro atoms. The summed E-state index contributed by atoms with van der Waals surface area (Å²) in [5, 5.41) is 4.23. The van der Waals surface area contributed by atoms with E-state index in [1.807, 2.05) is 17.8 Å². The first kappa shape index (κ1) is 11.8. The zero-order chi connectivity index (χ0) is 11.3. The molecule has 0 aliphatic rings. The smallest absolute Gasteiger partial charge is 0.0668 e. The molecule has 1 aromatic heterocycles. The van der Waals surface area contributed by atoms with Crippen LogP contribution in [0.3, 0.4) is 0 Å². The molecule has 1 aromatic rings. The Morgan fingerprint density at radius 2 is 2.27 bits per heavy atom. The van der Waals surface area contributed by atoms with E-state index in [0.717, 1.165) is 30.6 Å². The van der Waals surface area contributed by atoms with E-state index in [4.69, 9.17) is 5.73 Å².